The molecular formula is C19H32FN. The van der Waals surface area contributed by atoms with Crippen LogP contribution in [0.2, 0.25) is 0 Å². The van der Waals surface area contributed by atoms with E-state index in [2.05, 4.69) is 39.9 Å². The third kappa shape index (κ3) is 7.61. The molecule has 0 fully saturated rings. The van der Waals surface area contributed by atoms with Gasteiger partial charge in [0, 0.05) is 5.54 Å². The molecule has 2 heteroatoms. The van der Waals surface area contributed by atoms with Crippen molar-refractivity contribution in [2.75, 3.05) is 6.54 Å². The molecule has 120 valence electrons. The van der Waals surface area contributed by atoms with Crippen molar-refractivity contribution in [3.05, 3.63) is 35.6 Å². The Labute approximate surface area is 130 Å². The van der Waals surface area contributed by atoms with Crippen LogP contribution in [-0.2, 0) is 6.42 Å². The topological polar surface area (TPSA) is 12.0 Å². The van der Waals surface area contributed by atoms with Crippen LogP contribution in [0.1, 0.15) is 59.4 Å². The molecule has 0 aromatic heterocycles. The normalized spacial score (nSPS) is 15.0. The van der Waals surface area contributed by atoms with Crippen molar-refractivity contribution in [2.45, 2.75) is 65.8 Å². The highest BCUT2D eigenvalue weighted by atomic mass is 19.1. The van der Waals surface area contributed by atoms with Crippen LogP contribution in [-0.4, -0.2) is 12.1 Å². The van der Waals surface area contributed by atoms with Gasteiger partial charge in [-0.15, -0.1) is 0 Å². The lowest BCUT2D eigenvalue weighted by Gasteiger charge is -2.27. The Morgan fingerprint density at radius 2 is 1.86 bits per heavy atom. The van der Waals surface area contributed by atoms with E-state index in [0.717, 1.165) is 24.9 Å². The van der Waals surface area contributed by atoms with Crippen molar-refractivity contribution >= 4 is 0 Å². The first-order valence-electron chi connectivity index (χ1n) is 8.30. The van der Waals surface area contributed by atoms with Gasteiger partial charge >= 0.3 is 0 Å². The van der Waals surface area contributed by atoms with E-state index >= 15 is 0 Å². The molecule has 0 bridgehead atoms. The van der Waals surface area contributed by atoms with Gasteiger partial charge in [-0.1, -0.05) is 44.9 Å². The fourth-order valence-corrected chi connectivity index (χ4v) is 2.84. The maximum Gasteiger partial charge on any atom is 0.126 e. The highest BCUT2D eigenvalue weighted by molar-refractivity contribution is 5.18. The summed E-state index contributed by atoms with van der Waals surface area (Å²) >= 11 is 0. The molecule has 0 amide bonds. The van der Waals surface area contributed by atoms with Gasteiger partial charge in [0.15, 0.2) is 0 Å². The lowest BCUT2D eigenvalue weighted by Crippen LogP contribution is -2.40. The first-order valence-corrected chi connectivity index (χ1v) is 8.30. The predicted octanol–water partition coefficient (Wildman–Crippen LogP) is 5.20. The molecule has 0 saturated heterocycles. The zero-order valence-electron chi connectivity index (χ0n) is 14.4. The maximum atomic E-state index is 13.9. The minimum Gasteiger partial charge on any atom is -0.312 e. The van der Waals surface area contributed by atoms with E-state index in [9.17, 15) is 4.39 Å². The number of benzene rings is 1. The molecule has 0 radical (unpaired) electrons. The quantitative estimate of drug-likeness (QED) is 0.694. The fraction of sp³-hybridized carbons (Fsp3) is 0.684. The van der Waals surface area contributed by atoms with Crippen LogP contribution in [0.15, 0.2) is 24.3 Å². The lowest BCUT2D eigenvalue weighted by molar-refractivity contribution is 0.313. The van der Waals surface area contributed by atoms with E-state index in [0.29, 0.717) is 11.8 Å². The highest BCUT2D eigenvalue weighted by Crippen LogP contribution is 2.22. The van der Waals surface area contributed by atoms with E-state index in [4.69, 9.17) is 0 Å². The Kier molecular flexibility index (Phi) is 7.37. The third-order valence-corrected chi connectivity index (χ3v) is 3.90. The van der Waals surface area contributed by atoms with Gasteiger partial charge in [0.05, 0.1) is 0 Å². The van der Waals surface area contributed by atoms with Crippen molar-refractivity contribution in [1.82, 2.24) is 5.32 Å². The molecule has 1 aromatic rings. The Hall–Kier alpha value is -0.890. The van der Waals surface area contributed by atoms with Gasteiger partial charge in [-0.05, 0) is 63.6 Å². The smallest absolute Gasteiger partial charge is 0.126 e. The van der Waals surface area contributed by atoms with Gasteiger partial charge in [-0.25, -0.2) is 4.39 Å². The summed E-state index contributed by atoms with van der Waals surface area (Å²) in [7, 11) is 0. The van der Waals surface area contributed by atoms with Crippen LogP contribution in [0.25, 0.3) is 0 Å². The average Bonchev–Trinajstić information content (AvgIpc) is 2.38. The molecule has 1 aromatic carbocycles. The van der Waals surface area contributed by atoms with Crippen LogP contribution in [0.3, 0.4) is 0 Å². The van der Waals surface area contributed by atoms with E-state index in [1.54, 1.807) is 12.1 Å². The molecule has 1 nitrogen and oxygen atoms in total. The second-order valence-corrected chi connectivity index (χ2v) is 7.42. The Morgan fingerprint density at radius 3 is 2.43 bits per heavy atom. The summed E-state index contributed by atoms with van der Waals surface area (Å²) in [5.74, 6) is 1.12. The molecule has 21 heavy (non-hydrogen) atoms. The summed E-state index contributed by atoms with van der Waals surface area (Å²) < 4.78 is 13.9. The molecule has 2 atom stereocenters. The summed E-state index contributed by atoms with van der Waals surface area (Å²) in [6, 6.07) is 7.19. The molecule has 0 aliphatic rings. The molecule has 1 rings (SSSR count). The fourth-order valence-electron chi connectivity index (χ4n) is 2.84. The van der Waals surface area contributed by atoms with Crippen LogP contribution in [0.4, 0.5) is 4.39 Å². The summed E-state index contributed by atoms with van der Waals surface area (Å²) in [6.07, 6.45) is 4.46. The van der Waals surface area contributed by atoms with Gasteiger partial charge < -0.3 is 5.32 Å². The zero-order chi connectivity index (χ0) is 15.9. The van der Waals surface area contributed by atoms with Crippen molar-refractivity contribution in [3.63, 3.8) is 0 Å². The summed E-state index contributed by atoms with van der Waals surface area (Å²) in [5.41, 5.74) is 0.962. The molecule has 0 aliphatic heterocycles. The van der Waals surface area contributed by atoms with E-state index < -0.39 is 0 Å². The largest absolute Gasteiger partial charge is 0.312 e. The van der Waals surface area contributed by atoms with Crippen LogP contribution < -0.4 is 5.32 Å². The first kappa shape index (κ1) is 18.2. The summed E-state index contributed by atoms with van der Waals surface area (Å²) in [4.78, 5) is 0. The summed E-state index contributed by atoms with van der Waals surface area (Å²) in [5, 5.41) is 3.59. The molecule has 0 heterocycles. The molecule has 1 N–H and O–H groups in total. The highest BCUT2D eigenvalue weighted by Gasteiger charge is 2.18. The van der Waals surface area contributed by atoms with Gasteiger partial charge in [-0.2, -0.15) is 0 Å². The Morgan fingerprint density at radius 1 is 1.19 bits per heavy atom. The number of hydrogen-bond donors (Lipinski definition) is 1. The molecule has 2 unspecified atom stereocenters. The standard InChI is InChI=1S/C19H32FN/c1-6-9-15(2)12-16(14-21-19(3,4)5)13-17-10-7-8-11-18(17)20/h7-8,10-11,15-16,21H,6,9,12-14H2,1-5H3. The van der Waals surface area contributed by atoms with Crippen LogP contribution in [0.5, 0.6) is 0 Å². The monoisotopic (exact) mass is 293 g/mol. The Bertz CT molecular complexity index is 408. The SMILES string of the molecule is CCCC(C)CC(CNC(C)(C)C)Cc1ccccc1F. The molecule has 0 spiro atoms. The minimum absolute atomic E-state index is 0.0681. The van der Waals surface area contributed by atoms with Crippen molar-refractivity contribution in [1.29, 1.82) is 0 Å². The van der Waals surface area contributed by atoms with Gasteiger partial charge in [0.25, 0.3) is 0 Å². The second kappa shape index (κ2) is 8.53. The first-order chi connectivity index (χ1) is 9.81. The second-order valence-electron chi connectivity index (χ2n) is 7.42. The van der Waals surface area contributed by atoms with Crippen LogP contribution >= 0.6 is 0 Å². The van der Waals surface area contributed by atoms with Crippen molar-refractivity contribution in [3.8, 4) is 0 Å². The maximum absolute atomic E-state index is 13.9. The summed E-state index contributed by atoms with van der Waals surface area (Å²) in [6.45, 7) is 12.0. The molecular weight excluding hydrogens is 261 g/mol. The van der Waals surface area contributed by atoms with E-state index in [1.165, 1.54) is 12.8 Å². The minimum atomic E-state index is -0.0681. The zero-order valence-corrected chi connectivity index (χ0v) is 14.4. The van der Waals surface area contributed by atoms with Gasteiger partial charge in [-0.3, -0.25) is 0 Å². The molecule has 0 saturated carbocycles. The third-order valence-electron chi connectivity index (χ3n) is 3.90. The lowest BCUT2D eigenvalue weighted by atomic mass is 9.87. The number of halogens is 1. The molecule has 0 aliphatic carbocycles. The number of hydrogen-bond acceptors (Lipinski definition) is 1. The average molecular weight is 293 g/mol. The van der Waals surface area contributed by atoms with Crippen molar-refractivity contribution < 1.29 is 4.39 Å². The number of nitrogens with one attached hydrogen (secondary N) is 1. The Balaban J connectivity index is 2.69. The van der Waals surface area contributed by atoms with Gasteiger partial charge in [0.2, 0.25) is 0 Å². The van der Waals surface area contributed by atoms with E-state index in [-0.39, 0.29) is 11.4 Å². The predicted molar refractivity (Wildman–Crippen MR) is 90.0 cm³/mol. The van der Waals surface area contributed by atoms with Crippen molar-refractivity contribution in [2.24, 2.45) is 11.8 Å². The van der Waals surface area contributed by atoms with Gasteiger partial charge in [0.1, 0.15) is 5.82 Å². The van der Waals surface area contributed by atoms with Crippen LogP contribution in [0, 0.1) is 17.7 Å². The number of rotatable bonds is 8. The van der Waals surface area contributed by atoms with E-state index in [1.807, 2.05) is 12.1 Å².